The van der Waals surface area contributed by atoms with Crippen LogP contribution in [0.4, 0.5) is 11.4 Å². The maximum atomic E-state index is 11.8. The number of nitrogens with zero attached hydrogens (tertiary/aromatic N) is 3. The minimum atomic E-state index is -0.585. The van der Waals surface area contributed by atoms with Gasteiger partial charge in [-0.15, -0.1) is 5.11 Å². The number of benzene rings is 1. The summed E-state index contributed by atoms with van der Waals surface area (Å²) in [6.07, 6.45) is 0. The molecule has 0 saturated heterocycles. The average molecular weight is 282 g/mol. The van der Waals surface area contributed by atoms with E-state index in [0.717, 1.165) is 11.1 Å². The van der Waals surface area contributed by atoms with Crippen LogP contribution < -0.4 is 5.56 Å². The zero-order chi connectivity index (χ0) is 15.6. The number of aromatic hydroxyl groups is 1. The highest BCUT2D eigenvalue weighted by molar-refractivity contribution is 5.56. The topological polar surface area (TPSA) is 102 Å². The van der Waals surface area contributed by atoms with Crippen molar-refractivity contribution in [3.63, 3.8) is 0 Å². The van der Waals surface area contributed by atoms with Gasteiger partial charge in [-0.05, 0) is 38.0 Å². The van der Waals surface area contributed by atoms with Crippen LogP contribution in [0.2, 0.25) is 0 Å². The van der Waals surface area contributed by atoms with Gasteiger partial charge in [0.1, 0.15) is 11.6 Å². The molecule has 0 spiro atoms. The van der Waals surface area contributed by atoms with Crippen LogP contribution in [0.25, 0.3) is 0 Å². The standard InChI is InChI=1S/C15H14N4O2/c1-8-4-5-9(2)12(6-8)18-19-13-10(3)11(7-16)14(20)17-15(13)21/h4-6H,1-3H3,(H2,17,20,21). The van der Waals surface area contributed by atoms with Crippen LogP contribution in [0.3, 0.4) is 0 Å². The highest BCUT2D eigenvalue weighted by atomic mass is 16.3. The van der Waals surface area contributed by atoms with Crippen LogP contribution in [0.5, 0.6) is 5.88 Å². The fourth-order valence-electron chi connectivity index (χ4n) is 1.88. The van der Waals surface area contributed by atoms with E-state index < -0.39 is 11.4 Å². The van der Waals surface area contributed by atoms with Gasteiger partial charge in [-0.1, -0.05) is 12.1 Å². The zero-order valence-electron chi connectivity index (χ0n) is 11.9. The van der Waals surface area contributed by atoms with E-state index in [-0.39, 0.29) is 11.3 Å². The highest BCUT2D eigenvalue weighted by Gasteiger charge is 2.13. The Balaban J connectivity index is 2.54. The van der Waals surface area contributed by atoms with Gasteiger partial charge in [0.25, 0.3) is 5.56 Å². The van der Waals surface area contributed by atoms with E-state index in [1.807, 2.05) is 38.1 Å². The summed E-state index contributed by atoms with van der Waals surface area (Å²) in [5.74, 6) is -0.453. The number of azo groups is 1. The van der Waals surface area contributed by atoms with E-state index in [1.165, 1.54) is 0 Å². The molecule has 6 nitrogen and oxygen atoms in total. The van der Waals surface area contributed by atoms with Crippen LogP contribution >= 0.6 is 0 Å². The Labute approximate surface area is 121 Å². The van der Waals surface area contributed by atoms with Gasteiger partial charge in [0, 0.05) is 5.56 Å². The van der Waals surface area contributed by atoms with E-state index >= 15 is 0 Å². The molecule has 0 saturated carbocycles. The Bertz CT molecular complexity index is 829. The fourth-order valence-corrected chi connectivity index (χ4v) is 1.88. The van der Waals surface area contributed by atoms with Gasteiger partial charge in [0.15, 0.2) is 5.69 Å². The van der Waals surface area contributed by atoms with Gasteiger partial charge in [-0.3, -0.25) is 9.78 Å². The van der Waals surface area contributed by atoms with Crippen LogP contribution in [-0.4, -0.2) is 10.1 Å². The van der Waals surface area contributed by atoms with Crippen LogP contribution in [0, 0.1) is 32.1 Å². The summed E-state index contributed by atoms with van der Waals surface area (Å²) in [5.41, 5.74) is 2.34. The van der Waals surface area contributed by atoms with Crippen molar-refractivity contribution < 1.29 is 5.11 Å². The SMILES string of the molecule is Cc1ccc(C)c(N=Nc2c(C)c(C#N)c(O)[nH]c2=O)c1. The van der Waals surface area contributed by atoms with Gasteiger partial charge in [-0.25, -0.2) is 0 Å². The summed E-state index contributed by atoms with van der Waals surface area (Å²) in [6, 6.07) is 7.56. The molecule has 0 atom stereocenters. The van der Waals surface area contributed by atoms with Gasteiger partial charge in [0.05, 0.1) is 5.69 Å². The molecule has 0 bridgehead atoms. The number of aromatic amines is 1. The fraction of sp³-hybridized carbons (Fsp3) is 0.200. The lowest BCUT2D eigenvalue weighted by Crippen LogP contribution is -2.08. The smallest absolute Gasteiger partial charge is 0.278 e. The molecule has 0 fully saturated rings. The Morgan fingerprint density at radius 1 is 1.24 bits per heavy atom. The summed E-state index contributed by atoms with van der Waals surface area (Å²) in [6.45, 7) is 5.37. The van der Waals surface area contributed by atoms with Crippen molar-refractivity contribution in [2.45, 2.75) is 20.8 Å². The third-order valence-electron chi connectivity index (χ3n) is 3.15. The molecule has 6 heteroatoms. The first kappa shape index (κ1) is 14.5. The highest BCUT2D eigenvalue weighted by Crippen LogP contribution is 2.26. The normalized spacial score (nSPS) is 10.8. The molecule has 1 aromatic heterocycles. The van der Waals surface area contributed by atoms with Crippen molar-refractivity contribution in [1.29, 1.82) is 5.26 Å². The molecular formula is C15H14N4O2. The first-order valence-electron chi connectivity index (χ1n) is 6.29. The van der Waals surface area contributed by atoms with Crippen LogP contribution in [0.1, 0.15) is 22.3 Å². The first-order chi connectivity index (χ1) is 9.93. The lowest BCUT2D eigenvalue weighted by atomic mass is 10.1. The Morgan fingerprint density at radius 3 is 2.62 bits per heavy atom. The molecule has 106 valence electrons. The van der Waals surface area contributed by atoms with Gasteiger partial charge >= 0.3 is 0 Å². The predicted octanol–water partition coefficient (Wildman–Crippen LogP) is 3.29. The minimum absolute atomic E-state index is 0.00971. The van der Waals surface area contributed by atoms with Crippen molar-refractivity contribution >= 4 is 11.4 Å². The summed E-state index contributed by atoms with van der Waals surface area (Å²) >= 11 is 0. The van der Waals surface area contributed by atoms with E-state index in [0.29, 0.717) is 11.3 Å². The Hall–Kier alpha value is -2.94. The minimum Gasteiger partial charge on any atom is -0.494 e. The maximum Gasteiger partial charge on any atom is 0.278 e. The van der Waals surface area contributed by atoms with E-state index in [4.69, 9.17) is 5.26 Å². The molecule has 0 aliphatic heterocycles. The van der Waals surface area contributed by atoms with Crippen molar-refractivity contribution in [3.8, 4) is 11.9 Å². The number of rotatable bonds is 2. The number of nitrogens with one attached hydrogen (secondary N) is 1. The zero-order valence-corrected chi connectivity index (χ0v) is 11.9. The van der Waals surface area contributed by atoms with Crippen molar-refractivity contribution in [2.24, 2.45) is 10.2 Å². The Morgan fingerprint density at radius 2 is 1.95 bits per heavy atom. The number of aromatic nitrogens is 1. The van der Waals surface area contributed by atoms with E-state index in [1.54, 1.807) is 6.92 Å². The molecule has 0 aliphatic rings. The molecule has 2 rings (SSSR count). The van der Waals surface area contributed by atoms with Crippen molar-refractivity contribution in [1.82, 2.24) is 4.98 Å². The van der Waals surface area contributed by atoms with E-state index in [9.17, 15) is 9.90 Å². The van der Waals surface area contributed by atoms with Crippen LogP contribution in [-0.2, 0) is 0 Å². The summed E-state index contributed by atoms with van der Waals surface area (Å²) in [4.78, 5) is 14.0. The van der Waals surface area contributed by atoms with Crippen LogP contribution in [0.15, 0.2) is 33.2 Å². The second kappa shape index (κ2) is 5.59. The van der Waals surface area contributed by atoms with Crippen molar-refractivity contribution in [2.75, 3.05) is 0 Å². The van der Waals surface area contributed by atoms with E-state index in [2.05, 4.69) is 15.2 Å². The Kier molecular flexibility index (Phi) is 3.85. The monoisotopic (exact) mass is 282 g/mol. The van der Waals surface area contributed by atoms with Crippen molar-refractivity contribution in [3.05, 3.63) is 50.8 Å². The second-order valence-electron chi connectivity index (χ2n) is 4.75. The van der Waals surface area contributed by atoms with Gasteiger partial charge in [-0.2, -0.15) is 10.4 Å². The quantitative estimate of drug-likeness (QED) is 0.826. The number of H-pyrrole nitrogens is 1. The lowest BCUT2D eigenvalue weighted by Gasteiger charge is -2.03. The second-order valence-corrected chi connectivity index (χ2v) is 4.75. The number of aryl methyl sites for hydroxylation is 2. The number of hydrogen-bond donors (Lipinski definition) is 2. The number of nitriles is 1. The molecule has 21 heavy (non-hydrogen) atoms. The van der Waals surface area contributed by atoms with Gasteiger partial charge < -0.3 is 5.11 Å². The van der Waals surface area contributed by atoms with Gasteiger partial charge in [0.2, 0.25) is 5.88 Å². The lowest BCUT2D eigenvalue weighted by molar-refractivity contribution is 0.449. The third kappa shape index (κ3) is 2.82. The third-order valence-corrected chi connectivity index (χ3v) is 3.15. The maximum absolute atomic E-state index is 11.8. The summed E-state index contributed by atoms with van der Waals surface area (Å²) in [7, 11) is 0. The number of pyridine rings is 1. The largest absolute Gasteiger partial charge is 0.494 e. The molecule has 2 N–H and O–H groups in total. The number of hydrogen-bond acceptors (Lipinski definition) is 5. The molecule has 2 aromatic rings. The predicted molar refractivity (Wildman–Crippen MR) is 78.3 cm³/mol. The molecule has 1 heterocycles. The molecule has 1 aromatic carbocycles. The first-order valence-corrected chi connectivity index (χ1v) is 6.29. The average Bonchev–Trinajstić information content (AvgIpc) is 2.42. The molecule has 0 amide bonds. The molecule has 0 radical (unpaired) electrons. The molecule has 0 aliphatic carbocycles. The molecular weight excluding hydrogens is 268 g/mol. The summed E-state index contributed by atoms with van der Waals surface area (Å²) in [5, 5.41) is 26.5. The molecule has 0 unspecified atom stereocenters. The summed E-state index contributed by atoms with van der Waals surface area (Å²) < 4.78 is 0.